The van der Waals surface area contributed by atoms with E-state index in [0.29, 0.717) is 10.7 Å². The van der Waals surface area contributed by atoms with Crippen LogP contribution in [-0.2, 0) is 14.4 Å². The second kappa shape index (κ2) is 5.83. The van der Waals surface area contributed by atoms with Gasteiger partial charge >= 0.3 is 12.1 Å². The molecule has 3 aliphatic heterocycles. The van der Waals surface area contributed by atoms with Crippen molar-refractivity contribution in [3.8, 4) is 0 Å². The van der Waals surface area contributed by atoms with Crippen molar-refractivity contribution >= 4 is 29.5 Å². The smallest absolute Gasteiger partial charge is 0.406 e. The van der Waals surface area contributed by atoms with E-state index >= 15 is 0 Å². The number of halogens is 3. The van der Waals surface area contributed by atoms with Gasteiger partial charge in [0.2, 0.25) is 11.8 Å². The summed E-state index contributed by atoms with van der Waals surface area (Å²) in [6, 6.07) is 0. The summed E-state index contributed by atoms with van der Waals surface area (Å²) in [4.78, 5) is 37.0. The number of hydrogen-bond acceptors (Lipinski definition) is 4. The number of fused-ring (bicyclic) bond motifs is 1. The van der Waals surface area contributed by atoms with Crippen LogP contribution in [0.1, 0.15) is 12.8 Å². The van der Waals surface area contributed by atoms with Crippen LogP contribution in [0.25, 0.3) is 0 Å². The fourth-order valence-corrected chi connectivity index (χ4v) is 4.15. The lowest BCUT2D eigenvalue weighted by Gasteiger charge is -2.43. The number of carbonyl (C=O) groups excluding carboxylic acids is 2. The molecule has 2 amide bonds. The molecular formula is C14H13F3N2O4S. The Kier molecular flexibility index (Phi) is 4.10. The van der Waals surface area contributed by atoms with E-state index < -0.39 is 24.6 Å². The first kappa shape index (κ1) is 16.9. The summed E-state index contributed by atoms with van der Waals surface area (Å²) in [6.07, 6.45) is -2.76. The van der Waals surface area contributed by atoms with E-state index in [0.717, 1.165) is 0 Å². The molecule has 0 spiro atoms. The zero-order valence-electron chi connectivity index (χ0n) is 12.3. The summed E-state index contributed by atoms with van der Waals surface area (Å²) >= 11 is 1.38. The normalized spacial score (nSPS) is 26.1. The van der Waals surface area contributed by atoms with Crippen LogP contribution in [0, 0.1) is 0 Å². The maximum absolute atomic E-state index is 12.4. The van der Waals surface area contributed by atoms with Crippen LogP contribution >= 0.6 is 11.8 Å². The highest BCUT2D eigenvalue weighted by atomic mass is 32.2. The molecule has 3 aliphatic rings. The van der Waals surface area contributed by atoms with E-state index in [1.807, 2.05) is 0 Å². The van der Waals surface area contributed by atoms with Crippen LogP contribution < -0.4 is 0 Å². The van der Waals surface area contributed by atoms with Crippen molar-refractivity contribution in [3.05, 3.63) is 22.9 Å². The number of likely N-dealkylation sites (tertiary alicyclic amines) is 1. The standard InChI is InChI=1S/C14H13F3N2O4S/c15-14(16,17)6-18-2-1-7(12(18)21)3-8-5-24-10-4-9(20)19(10)11(8)13(22)23/h3,10H,1-2,4-6H2,(H,22,23). The molecule has 130 valence electrons. The van der Waals surface area contributed by atoms with Crippen LogP contribution in [-0.4, -0.2) is 63.1 Å². The molecule has 1 unspecified atom stereocenters. The number of carbonyl (C=O) groups is 3. The number of alkyl halides is 3. The Hall–Kier alpha value is -1.97. The number of carboxylic acid groups (broad SMARTS) is 1. The lowest BCUT2D eigenvalue weighted by Crippen LogP contribution is -2.53. The summed E-state index contributed by atoms with van der Waals surface area (Å²) in [5.74, 6) is -2.03. The van der Waals surface area contributed by atoms with Crippen LogP contribution in [0.2, 0.25) is 0 Å². The third kappa shape index (κ3) is 3.02. The Balaban J connectivity index is 1.87. The van der Waals surface area contributed by atoms with Gasteiger partial charge < -0.3 is 10.0 Å². The second-order valence-corrected chi connectivity index (χ2v) is 6.84. The number of β-lactam (4-membered cyclic amide) rings is 1. The highest BCUT2D eigenvalue weighted by Gasteiger charge is 2.45. The zero-order valence-corrected chi connectivity index (χ0v) is 13.1. The van der Waals surface area contributed by atoms with Crippen LogP contribution in [0.5, 0.6) is 0 Å². The average Bonchev–Trinajstić information content (AvgIpc) is 2.78. The van der Waals surface area contributed by atoms with Gasteiger partial charge in [-0.2, -0.15) is 13.2 Å². The predicted molar refractivity (Wildman–Crippen MR) is 77.7 cm³/mol. The number of rotatable bonds is 3. The van der Waals surface area contributed by atoms with Gasteiger partial charge in [-0.15, -0.1) is 11.8 Å². The first-order chi connectivity index (χ1) is 11.2. The van der Waals surface area contributed by atoms with Gasteiger partial charge in [-0.25, -0.2) is 4.79 Å². The molecule has 1 atom stereocenters. The Morgan fingerprint density at radius 1 is 1.38 bits per heavy atom. The number of allylic oxidation sites excluding steroid dienone is 1. The Morgan fingerprint density at radius 2 is 2.08 bits per heavy atom. The van der Waals surface area contributed by atoms with Crippen LogP contribution in [0.4, 0.5) is 13.2 Å². The molecule has 2 fully saturated rings. The first-order valence-electron chi connectivity index (χ1n) is 7.14. The summed E-state index contributed by atoms with van der Waals surface area (Å²) in [5.41, 5.74) is 0.249. The van der Waals surface area contributed by atoms with Crippen molar-refractivity contribution in [2.75, 3.05) is 18.8 Å². The van der Waals surface area contributed by atoms with Crippen molar-refractivity contribution in [2.45, 2.75) is 24.4 Å². The largest absolute Gasteiger partial charge is 0.477 e. The summed E-state index contributed by atoms with van der Waals surface area (Å²) < 4.78 is 37.3. The molecule has 0 aliphatic carbocycles. The van der Waals surface area contributed by atoms with Crippen LogP contribution in [0.3, 0.4) is 0 Å². The number of nitrogens with zero attached hydrogens (tertiary/aromatic N) is 2. The van der Waals surface area contributed by atoms with E-state index in [1.54, 1.807) is 0 Å². The predicted octanol–water partition coefficient (Wildman–Crippen LogP) is 1.35. The highest BCUT2D eigenvalue weighted by molar-refractivity contribution is 8.00. The molecule has 0 aromatic rings. The van der Waals surface area contributed by atoms with E-state index in [-0.39, 0.29) is 47.5 Å². The molecule has 0 aromatic carbocycles. The van der Waals surface area contributed by atoms with E-state index in [9.17, 15) is 32.7 Å². The second-order valence-electron chi connectivity index (χ2n) is 5.67. The number of hydrogen-bond donors (Lipinski definition) is 1. The minimum atomic E-state index is -4.48. The van der Waals surface area contributed by atoms with E-state index in [2.05, 4.69) is 0 Å². The van der Waals surface area contributed by atoms with Gasteiger partial charge in [0, 0.05) is 17.9 Å². The average molecular weight is 362 g/mol. The molecule has 0 aromatic heterocycles. The lowest BCUT2D eigenvalue weighted by molar-refractivity contribution is -0.156. The van der Waals surface area contributed by atoms with Crippen molar-refractivity contribution in [2.24, 2.45) is 0 Å². The Bertz CT molecular complexity index is 686. The maximum Gasteiger partial charge on any atom is 0.406 e. The quantitative estimate of drug-likeness (QED) is 0.606. The number of carboxylic acids is 1. The molecular weight excluding hydrogens is 349 g/mol. The van der Waals surface area contributed by atoms with Crippen molar-refractivity contribution in [3.63, 3.8) is 0 Å². The van der Waals surface area contributed by atoms with Crippen molar-refractivity contribution < 1.29 is 32.7 Å². The highest BCUT2D eigenvalue weighted by Crippen LogP contribution is 2.40. The Labute approximate surface area is 139 Å². The maximum atomic E-state index is 12.4. The molecule has 10 heteroatoms. The monoisotopic (exact) mass is 362 g/mol. The molecule has 3 heterocycles. The molecule has 1 N–H and O–H groups in total. The SMILES string of the molecule is O=C(O)C1=C(C=C2CCN(CC(F)(F)F)C2=O)CSC2CC(=O)N12. The molecule has 2 saturated heterocycles. The summed E-state index contributed by atoms with van der Waals surface area (Å²) in [6.45, 7) is -1.38. The van der Waals surface area contributed by atoms with Gasteiger partial charge in [0.1, 0.15) is 12.2 Å². The van der Waals surface area contributed by atoms with Gasteiger partial charge in [-0.05, 0) is 18.1 Å². The molecule has 24 heavy (non-hydrogen) atoms. The molecule has 0 radical (unpaired) electrons. The minimum Gasteiger partial charge on any atom is -0.477 e. The summed E-state index contributed by atoms with van der Waals surface area (Å²) in [7, 11) is 0. The van der Waals surface area contributed by atoms with E-state index in [4.69, 9.17) is 0 Å². The molecule has 3 rings (SSSR count). The fourth-order valence-electron chi connectivity index (χ4n) is 2.93. The molecule has 0 saturated carbocycles. The van der Waals surface area contributed by atoms with Crippen LogP contribution in [0.15, 0.2) is 22.9 Å². The third-order valence-corrected chi connectivity index (χ3v) is 5.26. The number of thioether (sulfide) groups is 1. The minimum absolute atomic E-state index is 0.0573. The fraction of sp³-hybridized carbons (Fsp3) is 0.500. The topological polar surface area (TPSA) is 77.9 Å². The van der Waals surface area contributed by atoms with E-state index in [1.165, 1.54) is 22.7 Å². The van der Waals surface area contributed by atoms with Gasteiger partial charge in [-0.1, -0.05) is 0 Å². The van der Waals surface area contributed by atoms with Gasteiger partial charge in [0.15, 0.2) is 0 Å². The number of amides is 2. The lowest BCUT2D eigenvalue weighted by atomic mass is 10.0. The zero-order chi connectivity index (χ0) is 17.6. The van der Waals surface area contributed by atoms with Gasteiger partial charge in [0.05, 0.1) is 11.8 Å². The molecule has 0 bridgehead atoms. The first-order valence-corrected chi connectivity index (χ1v) is 8.19. The number of aliphatic carboxylic acids is 1. The summed E-state index contributed by atoms with van der Waals surface area (Å²) in [5, 5.41) is 9.14. The van der Waals surface area contributed by atoms with Crippen molar-refractivity contribution in [1.82, 2.24) is 9.80 Å². The third-order valence-electron chi connectivity index (χ3n) is 4.02. The van der Waals surface area contributed by atoms with Crippen molar-refractivity contribution in [1.29, 1.82) is 0 Å². The van der Waals surface area contributed by atoms with Gasteiger partial charge in [0.25, 0.3) is 0 Å². The molecule has 6 nitrogen and oxygen atoms in total. The Morgan fingerprint density at radius 3 is 2.67 bits per heavy atom. The van der Waals surface area contributed by atoms with Gasteiger partial charge in [-0.3, -0.25) is 14.5 Å².